The fraction of sp³-hybridized carbons (Fsp3) is 0.500. The monoisotopic (exact) mass is 347 g/mol. The summed E-state index contributed by atoms with van der Waals surface area (Å²) >= 11 is 0. The molecule has 0 aliphatic carbocycles. The summed E-state index contributed by atoms with van der Waals surface area (Å²) in [5.74, 6) is -0.834. The lowest BCUT2D eigenvalue weighted by molar-refractivity contribution is -0.125. The highest BCUT2D eigenvalue weighted by molar-refractivity contribution is 5.99. The highest BCUT2D eigenvalue weighted by Gasteiger charge is 2.35. The van der Waals surface area contributed by atoms with Crippen molar-refractivity contribution in [3.05, 3.63) is 29.8 Å². The van der Waals surface area contributed by atoms with Crippen molar-refractivity contribution < 1.29 is 19.5 Å². The minimum absolute atomic E-state index is 0.0599. The molecule has 3 N–H and O–H groups in total. The molecule has 1 aromatic carbocycles. The van der Waals surface area contributed by atoms with Crippen LogP contribution in [0.1, 0.15) is 43.5 Å². The van der Waals surface area contributed by atoms with E-state index < -0.39 is 6.04 Å². The molecule has 1 atom stereocenters. The third-order valence-electron chi connectivity index (χ3n) is 4.05. The number of phenolic OH excluding ortho intramolecular Hbond substituents is 1. The topological polar surface area (TPSA) is 98.7 Å². The first-order valence-electron chi connectivity index (χ1n) is 8.56. The molecule has 7 heteroatoms. The second-order valence-electron chi connectivity index (χ2n) is 6.44. The molecule has 0 radical (unpaired) electrons. The standard InChI is InChI=1S/C18H25N3O4/c1-12(2)20-16(23)9-10-19-17(24)14-7-5-11-21(14)18(25)13-6-3-4-8-15(13)22/h3-4,6,8,12,14,22H,5,7,9-11H2,1-2H3,(H,19,24)(H,20,23). The number of hydrogen-bond donors (Lipinski definition) is 3. The molecule has 1 aromatic rings. The van der Waals surface area contributed by atoms with Crippen LogP contribution >= 0.6 is 0 Å². The van der Waals surface area contributed by atoms with Crippen LogP contribution in [0.15, 0.2) is 24.3 Å². The van der Waals surface area contributed by atoms with Crippen molar-refractivity contribution in [1.82, 2.24) is 15.5 Å². The van der Waals surface area contributed by atoms with Gasteiger partial charge in [-0.05, 0) is 38.8 Å². The third kappa shape index (κ3) is 4.95. The van der Waals surface area contributed by atoms with Crippen molar-refractivity contribution >= 4 is 17.7 Å². The van der Waals surface area contributed by atoms with Gasteiger partial charge in [0, 0.05) is 25.6 Å². The summed E-state index contributed by atoms with van der Waals surface area (Å²) in [5.41, 5.74) is 0.193. The Hall–Kier alpha value is -2.57. The Kier molecular flexibility index (Phi) is 6.38. The average Bonchev–Trinajstić information content (AvgIpc) is 3.03. The van der Waals surface area contributed by atoms with Gasteiger partial charge in [-0.3, -0.25) is 14.4 Å². The van der Waals surface area contributed by atoms with Crippen molar-refractivity contribution in [3.63, 3.8) is 0 Å². The highest BCUT2D eigenvalue weighted by atomic mass is 16.3. The molecule has 0 bridgehead atoms. The number of para-hydroxylation sites is 1. The van der Waals surface area contributed by atoms with Crippen LogP contribution in [0.4, 0.5) is 0 Å². The van der Waals surface area contributed by atoms with Crippen LogP contribution in [0.2, 0.25) is 0 Å². The molecule has 7 nitrogen and oxygen atoms in total. The molecular weight excluding hydrogens is 322 g/mol. The molecule has 1 fully saturated rings. The molecule has 0 saturated carbocycles. The van der Waals surface area contributed by atoms with E-state index in [9.17, 15) is 19.5 Å². The zero-order chi connectivity index (χ0) is 18.4. The number of nitrogens with one attached hydrogen (secondary N) is 2. The van der Waals surface area contributed by atoms with E-state index in [1.54, 1.807) is 18.2 Å². The first-order chi connectivity index (χ1) is 11.9. The predicted octanol–water partition coefficient (Wildman–Crippen LogP) is 1.03. The Morgan fingerprint density at radius 3 is 2.68 bits per heavy atom. The maximum atomic E-state index is 12.6. The summed E-state index contributed by atoms with van der Waals surface area (Å²) < 4.78 is 0. The van der Waals surface area contributed by atoms with E-state index in [0.29, 0.717) is 13.0 Å². The molecule has 1 aliphatic rings. The Morgan fingerprint density at radius 2 is 2.00 bits per heavy atom. The number of carbonyl (C=O) groups excluding carboxylic acids is 3. The van der Waals surface area contributed by atoms with Gasteiger partial charge in [-0.2, -0.15) is 0 Å². The normalized spacial score (nSPS) is 16.8. The Bertz CT molecular complexity index is 645. The van der Waals surface area contributed by atoms with E-state index in [1.165, 1.54) is 11.0 Å². The van der Waals surface area contributed by atoms with E-state index >= 15 is 0 Å². The van der Waals surface area contributed by atoms with Gasteiger partial charge in [0.15, 0.2) is 0 Å². The quantitative estimate of drug-likeness (QED) is 0.716. The number of carbonyl (C=O) groups is 3. The number of likely N-dealkylation sites (tertiary alicyclic amines) is 1. The van der Waals surface area contributed by atoms with Crippen molar-refractivity contribution in [2.75, 3.05) is 13.1 Å². The summed E-state index contributed by atoms with van der Waals surface area (Å²) in [7, 11) is 0. The summed E-state index contributed by atoms with van der Waals surface area (Å²) in [6.07, 6.45) is 1.50. The van der Waals surface area contributed by atoms with Crippen LogP contribution in [0.25, 0.3) is 0 Å². The number of phenols is 1. The maximum absolute atomic E-state index is 12.6. The molecule has 2 rings (SSSR count). The number of nitrogens with zero attached hydrogens (tertiary/aromatic N) is 1. The molecule has 0 aromatic heterocycles. The second-order valence-corrected chi connectivity index (χ2v) is 6.44. The Labute approximate surface area is 147 Å². The first-order valence-corrected chi connectivity index (χ1v) is 8.56. The third-order valence-corrected chi connectivity index (χ3v) is 4.05. The lowest BCUT2D eigenvalue weighted by Crippen LogP contribution is -2.46. The van der Waals surface area contributed by atoms with E-state index in [-0.39, 0.29) is 48.0 Å². The molecule has 1 saturated heterocycles. The summed E-state index contributed by atoms with van der Waals surface area (Å²) in [6, 6.07) is 5.80. The summed E-state index contributed by atoms with van der Waals surface area (Å²) in [4.78, 5) is 38.1. The molecule has 0 spiro atoms. The van der Waals surface area contributed by atoms with E-state index in [0.717, 1.165) is 6.42 Å². The Balaban J connectivity index is 1.92. The van der Waals surface area contributed by atoms with E-state index in [2.05, 4.69) is 10.6 Å². The first kappa shape index (κ1) is 18.8. The smallest absolute Gasteiger partial charge is 0.258 e. The molecular formula is C18H25N3O4. The molecule has 1 aliphatic heterocycles. The zero-order valence-corrected chi connectivity index (χ0v) is 14.6. The van der Waals surface area contributed by atoms with E-state index in [1.807, 2.05) is 13.8 Å². The number of benzene rings is 1. The second kappa shape index (κ2) is 8.50. The van der Waals surface area contributed by atoms with Crippen molar-refractivity contribution in [2.45, 2.75) is 45.2 Å². The molecule has 25 heavy (non-hydrogen) atoms. The van der Waals surface area contributed by atoms with Gasteiger partial charge in [-0.1, -0.05) is 12.1 Å². The fourth-order valence-corrected chi connectivity index (χ4v) is 2.90. The number of amides is 3. The molecule has 1 heterocycles. The minimum Gasteiger partial charge on any atom is -0.507 e. The highest BCUT2D eigenvalue weighted by Crippen LogP contribution is 2.24. The molecule has 3 amide bonds. The fourth-order valence-electron chi connectivity index (χ4n) is 2.90. The van der Waals surface area contributed by atoms with Gasteiger partial charge in [-0.15, -0.1) is 0 Å². The van der Waals surface area contributed by atoms with Gasteiger partial charge >= 0.3 is 0 Å². The van der Waals surface area contributed by atoms with Crippen LogP contribution in [0.3, 0.4) is 0 Å². The minimum atomic E-state index is -0.569. The molecule has 136 valence electrons. The van der Waals surface area contributed by atoms with Crippen molar-refractivity contribution in [3.8, 4) is 5.75 Å². The number of rotatable bonds is 6. The van der Waals surface area contributed by atoms with Crippen LogP contribution in [-0.4, -0.2) is 52.9 Å². The van der Waals surface area contributed by atoms with Gasteiger partial charge < -0.3 is 20.6 Å². The lowest BCUT2D eigenvalue weighted by atomic mass is 10.1. The van der Waals surface area contributed by atoms with Crippen LogP contribution < -0.4 is 10.6 Å². The van der Waals surface area contributed by atoms with Gasteiger partial charge in [0.25, 0.3) is 5.91 Å². The van der Waals surface area contributed by atoms with Gasteiger partial charge in [0.2, 0.25) is 11.8 Å². The summed E-state index contributed by atoms with van der Waals surface area (Å²) in [5, 5.41) is 15.3. The largest absolute Gasteiger partial charge is 0.507 e. The number of aromatic hydroxyl groups is 1. The lowest BCUT2D eigenvalue weighted by Gasteiger charge is -2.24. The average molecular weight is 347 g/mol. The van der Waals surface area contributed by atoms with Crippen LogP contribution in [0, 0.1) is 0 Å². The number of hydrogen-bond acceptors (Lipinski definition) is 4. The maximum Gasteiger partial charge on any atom is 0.258 e. The van der Waals surface area contributed by atoms with Gasteiger partial charge in [-0.25, -0.2) is 0 Å². The van der Waals surface area contributed by atoms with Gasteiger partial charge in [0.05, 0.1) is 5.56 Å². The zero-order valence-electron chi connectivity index (χ0n) is 14.6. The van der Waals surface area contributed by atoms with E-state index in [4.69, 9.17) is 0 Å². The van der Waals surface area contributed by atoms with Crippen molar-refractivity contribution in [1.29, 1.82) is 0 Å². The van der Waals surface area contributed by atoms with Crippen molar-refractivity contribution in [2.24, 2.45) is 0 Å². The van der Waals surface area contributed by atoms with Crippen LogP contribution in [0.5, 0.6) is 5.75 Å². The SMILES string of the molecule is CC(C)NC(=O)CCNC(=O)C1CCCN1C(=O)c1ccccc1O. The predicted molar refractivity (Wildman–Crippen MR) is 93.1 cm³/mol. The Morgan fingerprint density at radius 1 is 1.28 bits per heavy atom. The summed E-state index contributed by atoms with van der Waals surface area (Å²) in [6.45, 7) is 4.45. The molecule has 1 unspecified atom stereocenters. The van der Waals surface area contributed by atoms with Gasteiger partial charge in [0.1, 0.15) is 11.8 Å². The van der Waals surface area contributed by atoms with Crippen LogP contribution in [-0.2, 0) is 9.59 Å².